The second-order valence-electron chi connectivity index (χ2n) is 4.93. The number of aromatic nitrogens is 1. The van der Waals surface area contributed by atoms with Crippen LogP contribution in [0, 0.1) is 10.1 Å². The van der Waals surface area contributed by atoms with Gasteiger partial charge in [-0.15, -0.1) is 0 Å². The van der Waals surface area contributed by atoms with Gasteiger partial charge in [-0.05, 0) is 12.1 Å². The van der Waals surface area contributed by atoms with Gasteiger partial charge in [0.15, 0.2) is 0 Å². The average Bonchev–Trinajstić information content (AvgIpc) is 2.93. The largest absolute Gasteiger partial charge is 0.392 e. The molecular formula is C16H11ClN2O4. The Kier molecular flexibility index (Phi) is 3.85. The van der Waals surface area contributed by atoms with E-state index in [2.05, 4.69) is 0 Å². The van der Waals surface area contributed by atoms with E-state index in [1.165, 1.54) is 16.7 Å². The molecule has 0 aliphatic rings. The summed E-state index contributed by atoms with van der Waals surface area (Å²) in [6.45, 7) is -0.200. The van der Waals surface area contributed by atoms with Crippen LogP contribution in [0.1, 0.15) is 15.9 Å². The second kappa shape index (κ2) is 5.83. The Morgan fingerprint density at radius 2 is 2.00 bits per heavy atom. The number of para-hydroxylation sites is 1. The number of fused-ring (bicyclic) bond motifs is 1. The molecule has 116 valence electrons. The molecule has 0 saturated carbocycles. The van der Waals surface area contributed by atoms with E-state index in [9.17, 15) is 20.0 Å². The summed E-state index contributed by atoms with van der Waals surface area (Å²) in [7, 11) is 0. The SMILES string of the molecule is O=C(c1ccc([N+](=O)[O-])cc1Cl)n1cc(CO)c2ccccc21. The van der Waals surface area contributed by atoms with Crippen molar-refractivity contribution in [2.45, 2.75) is 6.61 Å². The first-order chi connectivity index (χ1) is 11.0. The summed E-state index contributed by atoms with van der Waals surface area (Å²) in [6, 6.07) is 10.9. The van der Waals surface area contributed by atoms with Crippen LogP contribution in [0.5, 0.6) is 0 Å². The average molecular weight is 331 g/mol. The van der Waals surface area contributed by atoms with Crippen LogP contribution in [0.2, 0.25) is 5.02 Å². The summed E-state index contributed by atoms with van der Waals surface area (Å²) >= 11 is 6.02. The van der Waals surface area contributed by atoms with Crippen molar-refractivity contribution in [2.75, 3.05) is 0 Å². The Morgan fingerprint density at radius 3 is 2.65 bits per heavy atom. The smallest absolute Gasteiger partial charge is 0.270 e. The molecule has 0 fully saturated rings. The number of carbonyl (C=O) groups is 1. The zero-order chi connectivity index (χ0) is 16.6. The number of nitro groups is 1. The highest BCUT2D eigenvalue weighted by Gasteiger charge is 2.19. The highest BCUT2D eigenvalue weighted by Crippen LogP contribution is 2.26. The summed E-state index contributed by atoms with van der Waals surface area (Å²) in [5, 5.41) is 21.0. The minimum absolute atomic E-state index is 0.00697. The van der Waals surface area contributed by atoms with Gasteiger partial charge in [-0.25, -0.2) is 0 Å². The standard InChI is InChI=1S/C16H11ClN2O4/c17-14-7-11(19(22)23)5-6-13(14)16(21)18-8-10(9-20)12-3-1-2-4-15(12)18/h1-8,20H,9H2. The van der Waals surface area contributed by atoms with Gasteiger partial charge >= 0.3 is 0 Å². The van der Waals surface area contributed by atoms with E-state index in [0.29, 0.717) is 11.1 Å². The summed E-state index contributed by atoms with van der Waals surface area (Å²) in [5.41, 5.74) is 1.23. The third kappa shape index (κ3) is 2.58. The maximum atomic E-state index is 12.7. The van der Waals surface area contributed by atoms with Crippen molar-refractivity contribution in [3.63, 3.8) is 0 Å². The maximum Gasteiger partial charge on any atom is 0.270 e. The highest BCUT2D eigenvalue weighted by atomic mass is 35.5. The van der Waals surface area contributed by atoms with E-state index in [1.807, 2.05) is 12.1 Å². The molecule has 0 amide bonds. The van der Waals surface area contributed by atoms with E-state index in [-0.39, 0.29) is 22.9 Å². The maximum absolute atomic E-state index is 12.7. The topological polar surface area (TPSA) is 85.4 Å². The van der Waals surface area contributed by atoms with Gasteiger partial charge in [0.05, 0.1) is 27.6 Å². The van der Waals surface area contributed by atoms with Gasteiger partial charge < -0.3 is 5.11 Å². The summed E-state index contributed by atoms with van der Waals surface area (Å²) < 4.78 is 1.38. The predicted molar refractivity (Wildman–Crippen MR) is 85.7 cm³/mol. The Balaban J connectivity index is 2.13. The molecule has 3 aromatic rings. The van der Waals surface area contributed by atoms with Crippen LogP contribution < -0.4 is 0 Å². The molecule has 1 N–H and O–H groups in total. The first-order valence-electron chi connectivity index (χ1n) is 6.71. The lowest BCUT2D eigenvalue weighted by molar-refractivity contribution is -0.384. The Bertz CT molecular complexity index is 933. The molecule has 6 nitrogen and oxygen atoms in total. The number of hydrogen-bond acceptors (Lipinski definition) is 4. The number of nitrogens with zero attached hydrogens (tertiary/aromatic N) is 2. The summed E-state index contributed by atoms with van der Waals surface area (Å²) in [5.74, 6) is -0.416. The van der Waals surface area contributed by atoms with Crippen LogP contribution in [0.3, 0.4) is 0 Å². The molecule has 0 bridgehead atoms. The molecule has 2 aromatic carbocycles. The van der Waals surface area contributed by atoms with Crippen LogP contribution in [0.4, 0.5) is 5.69 Å². The number of carbonyl (C=O) groups excluding carboxylic acids is 1. The van der Waals surface area contributed by atoms with E-state index in [4.69, 9.17) is 11.6 Å². The summed E-state index contributed by atoms with van der Waals surface area (Å²) in [4.78, 5) is 22.9. The third-order valence-corrected chi connectivity index (χ3v) is 3.89. The van der Waals surface area contributed by atoms with Crippen molar-refractivity contribution in [3.05, 3.63) is 74.9 Å². The van der Waals surface area contributed by atoms with Gasteiger partial charge in [0.1, 0.15) is 0 Å². The molecule has 0 unspecified atom stereocenters. The zero-order valence-electron chi connectivity index (χ0n) is 11.8. The molecule has 0 saturated heterocycles. The first-order valence-corrected chi connectivity index (χ1v) is 7.09. The quantitative estimate of drug-likeness (QED) is 0.589. The molecule has 23 heavy (non-hydrogen) atoms. The van der Waals surface area contributed by atoms with Gasteiger partial charge in [0.2, 0.25) is 0 Å². The van der Waals surface area contributed by atoms with E-state index in [1.54, 1.807) is 18.3 Å². The number of non-ortho nitro benzene ring substituents is 1. The van der Waals surface area contributed by atoms with Crippen molar-refractivity contribution < 1.29 is 14.8 Å². The molecule has 1 aromatic heterocycles. The number of aliphatic hydroxyl groups is 1. The van der Waals surface area contributed by atoms with E-state index in [0.717, 1.165) is 11.5 Å². The van der Waals surface area contributed by atoms with Crippen molar-refractivity contribution in [1.82, 2.24) is 4.57 Å². The molecule has 3 rings (SSSR count). The molecule has 0 atom stereocenters. The van der Waals surface area contributed by atoms with Crippen LogP contribution in [-0.4, -0.2) is 20.5 Å². The van der Waals surface area contributed by atoms with Crippen LogP contribution in [-0.2, 0) is 6.61 Å². The molecule has 1 heterocycles. The fraction of sp³-hybridized carbons (Fsp3) is 0.0625. The number of rotatable bonds is 3. The number of hydrogen-bond donors (Lipinski definition) is 1. The number of nitro benzene ring substituents is 1. The third-order valence-electron chi connectivity index (χ3n) is 3.58. The number of aliphatic hydroxyl groups excluding tert-OH is 1. The van der Waals surface area contributed by atoms with Gasteiger partial charge in [0.25, 0.3) is 11.6 Å². The van der Waals surface area contributed by atoms with E-state index >= 15 is 0 Å². The Morgan fingerprint density at radius 1 is 1.26 bits per heavy atom. The zero-order valence-corrected chi connectivity index (χ0v) is 12.5. The van der Waals surface area contributed by atoms with Crippen LogP contribution in [0.15, 0.2) is 48.7 Å². The predicted octanol–water partition coefficient (Wildman–Crippen LogP) is 3.38. The lowest BCUT2D eigenvalue weighted by Crippen LogP contribution is -2.11. The normalized spacial score (nSPS) is 10.9. The molecule has 0 radical (unpaired) electrons. The first kappa shape index (κ1) is 15.2. The fourth-order valence-corrected chi connectivity index (χ4v) is 2.72. The minimum Gasteiger partial charge on any atom is -0.392 e. The lowest BCUT2D eigenvalue weighted by Gasteiger charge is -2.06. The lowest BCUT2D eigenvalue weighted by atomic mass is 10.2. The van der Waals surface area contributed by atoms with Crippen molar-refractivity contribution in [2.24, 2.45) is 0 Å². The Labute approximate surface area is 135 Å². The highest BCUT2D eigenvalue weighted by molar-refractivity contribution is 6.34. The van der Waals surface area contributed by atoms with Crippen LogP contribution in [0.25, 0.3) is 10.9 Å². The molecule has 7 heteroatoms. The van der Waals surface area contributed by atoms with Crippen molar-refractivity contribution in [1.29, 1.82) is 0 Å². The van der Waals surface area contributed by atoms with Gasteiger partial charge in [-0.1, -0.05) is 29.8 Å². The minimum atomic E-state index is -0.574. The van der Waals surface area contributed by atoms with Gasteiger partial charge in [0, 0.05) is 29.3 Å². The van der Waals surface area contributed by atoms with Gasteiger partial charge in [-0.3, -0.25) is 19.5 Å². The molecule has 0 aliphatic carbocycles. The molecule has 0 aliphatic heterocycles. The monoisotopic (exact) mass is 330 g/mol. The van der Waals surface area contributed by atoms with E-state index < -0.39 is 10.8 Å². The van der Waals surface area contributed by atoms with Crippen molar-refractivity contribution >= 4 is 34.1 Å². The number of halogens is 1. The van der Waals surface area contributed by atoms with Crippen molar-refractivity contribution in [3.8, 4) is 0 Å². The Hall–Kier alpha value is -2.70. The second-order valence-corrected chi connectivity index (χ2v) is 5.33. The molecular weight excluding hydrogens is 320 g/mol. The fourth-order valence-electron chi connectivity index (χ4n) is 2.46. The van der Waals surface area contributed by atoms with Crippen LogP contribution >= 0.6 is 11.6 Å². The molecule has 0 spiro atoms. The summed E-state index contributed by atoms with van der Waals surface area (Å²) in [6.07, 6.45) is 1.55. The number of benzene rings is 2. The van der Waals surface area contributed by atoms with Gasteiger partial charge in [-0.2, -0.15) is 0 Å².